The summed E-state index contributed by atoms with van der Waals surface area (Å²) in [6.45, 7) is 4.14. The molecule has 1 heterocycles. The van der Waals surface area contributed by atoms with E-state index < -0.39 is 6.04 Å². The molecule has 206 valence electrons. The van der Waals surface area contributed by atoms with Gasteiger partial charge in [0.1, 0.15) is 17.5 Å². The first-order chi connectivity index (χ1) is 19.0. The molecular formula is C30H34ClN3O5. The smallest absolute Gasteiger partial charge is 0.261 e. The van der Waals surface area contributed by atoms with E-state index in [1.165, 1.54) is 0 Å². The second-order valence-electron chi connectivity index (χ2n) is 9.15. The largest absolute Gasteiger partial charge is 0.497 e. The Hall–Kier alpha value is -3.59. The van der Waals surface area contributed by atoms with E-state index >= 15 is 0 Å². The molecule has 1 atom stereocenters. The molecule has 1 fully saturated rings. The summed E-state index contributed by atoms with van der Waals surface area (Å²) in [5.41, 5.74) is 1.56. The average molecular weight is 552 g/mol. The molecule has 1 N–H and O–H groups in total. The fourth-order valence-electron chi connectivity index (χ4n) is 4.40. The van der Waals surface area contributed by atoms with Crippen LogP contribution in [0, 0.1) is 0 Å². The van der Waals surface area contributed by atoms with Gasteiger partial charge in [0.05, 0.1) is 25.3 Å². The van der Waals surface area contributed by atoms with Gasteiger partial charge in [-0.2, -0.15) is 0 Å². The molecule has 0 bridgehead atoms. The monoisotopic (exact) mass is 551 g/mol. The Labute approximate surface area is 234 Å². The van der Waals surface area contributed by atoms with Crippen LogP contribution in [-0.4, -0.2) is 74.7 Å². The first-order valence-electron chi connectivity index (χ1n) is 13.0. The summed E-state index contributed by atoms with van der Waals surface area (Å²) in [7, 11) is 1.60. The van der Waals surface area contributed by atoms with Crippen molar-refractivity contribution < 1.29 is 23.8 Å². The van der Waals surface area contributed by atoms with Crippen molar-refractivity contribution in [3.63, 3.8) is 0 Å². The van der Waals surface area contributed by atoms with Crippen molar-refractivity contribution in [2.45, 2.75) is 12.6 Å². The van der Waals surface area contributed by atoms with Crippen LogP contribution in [0.2, 0.25) is 5.02 Å². The highest BCUT2D eigenvalue weighted by atomic mass is 35.5. The van der Waals surface area contributed by atoms with Gasteiger partial charge in [-0.25, -0.2) is 0 Å². The predicted octanol–water partition coefficient (Wildman–Crippen LogP) is 3.95. The minimum atomic E-state index is -0.861. The molecule has 3 aromatic rings. The lowest BCUT2D eigenvalue weighted by atomic mass is 10.0. The normalized spacial score (nSPS) is 14.3. The average Bonchev–Trinajstić information content (AvgIpc) is 2.98. The highest BCUT2D eigenvalue weighted by molar-refractivity contribution is 6.32. The Kier molecular flexibility index (Phi) is 10.6. The Bertz CT molecular complexity index is 1200. The van der Waals surface area contributed by atoms with Crippen LogP contribution < -0.4 is 14.8 Å². The lowest BCUT2D eigenvalue weighted by Crippen LogP contribution is -2.47. The van der Waals surface area contributed by atoms with Crippen LogP contribution in [-0.2, 0) is 20.9 Å². The third-order valence-corrected chi connectivity index (χ3v) is 6.84. The van der Waals surface area contributed by atoms with Crippen molar-refractivity contribution >= 4 is 23.4 Å². The predicted molar refractivity (Wildman–Crippen MR) is 150 cm³/mol. The van der Waals surface area contributed by atoms with Crippen LogP contribution in [0.15, 0.2) is 78.9 Å². The number of nitrogens with zero attached hydrogens (tertiary/aromatic N) is 2. The molecule has 1 aliphatic rings. The van der Waals surface area contributed by atoms with E-state index in [2.05, 4.69) is 10.2 Å². The van der Waals surface area contributed by atoms with Gasteiger partial charge >= 0.3 is 0 Å². The van der Waals surface area contributed by atoms with E-state index in [9.17, 15) is 9.59 Å². The van der Waals surface area contributed by atoms with Crippen LogP contribution in [0.25, 0.3) is 0 Å². The highest BCUT2D eigenvalue weighted by Gasteiger charge is 2.32. The number of hydrogen-bond acceptors (Lipinski definition) is 6. The number of hydrogen-bond donors (Lipinski definition) is 1. The van der Waals surface area contributed by atoms with Crippen molar-refractivity contribution in [2.75, 3.05) is 53.1 Å². The molecule has 8 nitrogen and oxygen atoms in total. The third kappa shape index (κ3) is 8.20. The molecule has 39 heavy (non-hydrogen) atoms. The molecule has 2 amide bonds. The van der Waals surface area contributed by atoms with Crippen LogP contribution in [0.4, 0.5) is 0 Å². The van der Waals surface area contributed by atoms with E-state index in [1.807, 2.05) is 54.6 Å². The summed E-state index contributed by atoms with van der Waals surface area (Å²) in [5.74, 6) is 0.513. The minimum Gasteiger partial charge on any atom is -0.497 e. The topological polar surface area (TPSA) is 80.3 Å². The van der Waals surface area contributed by atoms with Crippen molar-refractivity contribution in [2.24, 2.45) is 0 Å². The van der Waals surface area contributed by atoms with Crippen LogP contribution in [0.5, 0.6) is 11.5 Å². The van der Waals surface area contributed by atoms with Crippen molar-refractivity contribution in [3.8, 4) is 11.5 Å². The summed E-state index contributed by atoms with van der Waals surface area (Å²) in [4.78, 5) is 31.2. The molecule has 0 saturated carbocycles. The maximum absolute atomic E-state index is 13.7. The van der Waals surface area contributed by atoms with Gasteiger partial charge in [-0.15, -0.1) is 0 Å². The number of carbonyl (C=O) groups excluding carboxylic acids is 2. The SMILES string of the molecule is COc1ccc(CN(C(=O)COc2ccccc2Cl)[C@@H](C(=O)NCCN2CCOCC2)c2ccccc2)cc1. The number of carbonyl (C=O) groups is 2. The molecule has 3 aromatic carbocycles. The molecule has 1 saturated heterocycles. The number of methoxy groups -OCH3 is 1. The highest BCUT2D eigenvalue weighted by Crippen LogP contribution is 2.27. The van der Waals surface area contributed by atoms with Gasteiger partial charge in [-0.05, 0) is 35.4 Å². The second-order valence-corrected chi connectivity index (χ2v) is 9.55. The van der Waals surface area contributed by atoms with Gasteiger partial charge in [0.25, 0.3) is 5.91 Å². The van der Waals surface area contributed by atoms with Crippen LogP contribution in [0.3, 0.4) is 0 Å². The maximum atomic E-state index is 13.7. The second kappa shape index (κ2) is 14.5. The maximum Gasteiger partial charge on any atom is 0.261 e. The summed E-state index contributed by atoms with van der Waals surface area (Å²) < 4.78 is 16.5. The molecule has 0 unspecified atom stereocenters. The van der Waals surface area contributed by atoms with Crippen LogP contribution in [0.1, 0.15) is 17.2 Å². The third-order valence-electron chi connectivity index (χ3n) is 6.53. The zero-order valence-electron chi connectivity index (χ0n) is 22.1. The fraction of sp³-hybridized carbons (Fsp3) is 0.333. The van der Waals surface area contributed by atoms with Crippen LogP contribution >= 0.6 is 11.6 Å². The molecular weight excluding hydrogens is 518 g/mol. The minimum absolute atomic E-state index is 0.200. The first-order valence-corrected chi connectivity index (χ1v) is 13.4. The lowest BCUT2D eigenvalue weighted by Gasteiger charge is -2.32. The van der Waals surface area contributed by atoms with Crippen molar-refractivity contribution in [3.05, 3.63) is 95.0 Å². The quantitative estimate of drug-likeness (QED) is 0.367. The number of morpholine rings is 1. The van der Waals surface area contributed by atoms with Gasteiger partial charge in [0.15, 0.2) is 6.61 Å². The number of para-hydroxylation sites is 1. The van der Waals surface area contributed by atoms with E-state index in [0.717, 1.165) is 18.7 Å². The Balaban J connectivity index is 1.57. The van der Waals surface area contributed by atoms with E-state index in [-0.39, 0.29) is 25.0 Å². The van der Waals surface area contributed by atoms with Crippen molar-refractivity contribution in [1.29, 1.82) is 0 Å². The number of amides is 2. The molecule has 9 heteroatoms. The molecule has 0 aliphatic carbocycles. The van der Waals surface area contributed by atoms with Gasteiger partial charge in [-0.3, -0.25) is 14.5 Å². The van der Waals surface area contributed by atoms with E-state index in [4.69, 9.17) is 25.8 Å². The molecule has 0 radical (unpaired) electrons. The fourth-order valence-corrected chi connectivity index (χ4v) is 4.59. The molecule has 1 aliphatic heterocycles. The zero-order valence-corrected chi connectivity index (χ0v) is 22.8. The first kappa shape index (κ1) is 28.4. The molecule has 4 rings (SSSR count). The summed E-state index contributed by atoms with van der Waals surface area (Å²) in [6.07, 6.45) is 0. The van der Waals surface area contributed by atoms with E-state index in [0.29, 0.717) is 48.4 Å². The Morgan fingerprint density at radius 3 is 2.38 bits per heavy atom. The Morgan fingerprint density at radius 1 is 1.00 bits per heavy atom. The lowest BCUT2D eigenvalue weighted by molar-refractivity contribution is -0.143. The molecule has 0 spiro atoms. The number of benzene rings is 3. The van der Waals surface area contributed by atoms with Gasteiger partial charge < -0.3 is 24.4 Å². The number of ether oxygens (including phenoxy) is 3. The summed E-state index contributed by atoms with van der Waals surface area (Å²) in [6, 6.07) is 22.9. The van der Waals surface area contributed by atoms with Gasteiger partial charge in [0.2, 0.25) is 5.91 Å². The van der Waals surface area contributed by atoms with E-state index in [1.54, 1.807) is 36.3 Å². The zero-order chi connectivity index (χ0) is 27.5. The number of nitrogens with one attached hydrogen (secondary N) is 1. The summed E-state index contributed by atoms with van der Waals surface area (Å²) in [5, 5.41) is 3.46. The van der Waals surface area contributed by atoms with Gasteiger partial charge in [0, 0.05) is 32.7 Å². The molecule has 0 aromatic heterocycles. The number of halogens is 1. The standard InChI is InChI=1S/C30H34ClN3O5/c1-37-25-13-11-23(12-14-25)21-34(28(35)22-39-27-10-6-5-9-26(27)31)29(24-7-3-2-4-8-24)30(36)32-15-16-33-17-19-38-20-18-33/h2-14,29H,15-22H2,1H3,(H,32,36)/t29-/m1/s1. The van der Waals surface area contributed by atoms with Gasteiger partial charge in [-0.1, -0.05) is 66.2 Å². The summed E-state index contributed by atoms with van der Waals surface area (Å²) >= 11 is 6.24. The number of rotatable bonds is 12. The van der Waals surface area contributed by atoms with Crippen molar-refractivity contribution in [1.82, 2.24) is 15.1 Å². The Morgan fingerprint density at radius 2 is 1.69 bits per heavy atom.